The van der Waals surface area contributed by atoms with Crippen LogP contribution < -0.4 is 0 Å². The van der Waals surface area contributed by atoms with E-state index < -0.39 is 5.60 Å². The highest BCUT2D eigenvalue weighted by Crippen LogP contribution is 2.22. The standard InChI is InChI=1S/C13H23N3O2/c1-3-5-11-14-12(18-15-11)10-16-8-4-6-13(2,17)7-9-16/h17H,3-10H2,1-2H3. The Morgan fingerprint density at radius 1 is 1.39 bits per heavy atom. The van der Waals surface area contributed by atoms with Crippen LogP contribution in [-0.2, 0) is 13.0 Å². The molecule has 1 aromatic heterocycles. The van der Waals surface area contributed by atoms with Gasteiger partial charge in [0.05, 0.1) is 12.1 Å². The van der Waals surface area contributed by atoms with Crippen molar-refractivity contribution in [1.82, 2.24) is 15.0 Å². The number of likely N-dealkylation sites (tertiary alicyclic amines) is 1. The summed E-state index contributed by atoms with van der Waals surface area (Å²) >= 11 is 0. The van der Waals surface area contributed by atoms with Crippen molar-refractivity contribution in [3.05, 3.63) is 11.7 Å². The first kappa shape index (κ1) is 13.5. The third-order valence-corrected chi connectivity index (χ3v) is 3.50. The summed E-state index contributed by atoms with van der Waals surface area (Å²) in [6, 6.07) is 0. The normalized spacial score (nSPS) is 26.2. The van der Waals surface area contributed by atoms with Gasteiger partial charge in [-0.15, -0.1) is 0 Å². The van der Waals surface area contributed by atoms with E-state index in [-0.39, 0.29) is 0 Å². The molecule has 2 heterocycles. The summed E-state index contributed by atoms with van der Waals surface area (Å²) in [4.78, 5) is 6.66. The van der Waals surface area contributed by atoms with Gasteiger partial charge in [0, 0.05) is 13.0 Å². The quantitative estimate of drug-likeness (QED) is 0.886. The molecule has 102 valence electrons. The molecule has 0 aromatic carbocycles. The zero-order valence-electron chi connectivity index (χ0n) is 11.4. The maximum atomic E-state index is 10.0. The molecule has 1 aromatic rings. The molecule has 2 rings (SSSR count). The molecule has 1 aliphatic rings. The summed E-state index contributed by atoms with van der Waals surface area (Å²) in [6.45, 7) is 6.60. The number of hydrogen-bond donors (Lipinski definition) is 1. The number of aromatic nitrogens is 2. The van der Waals surface area contributed by atoms with Gasteiger partial charge < -0.3 is 9.63 Å². The second-order valence-electron chi connectivity index (χ2n) is 5.48. The molecule has 0 bridgehead atoms. The zero-order valence-corrected chi connectivity index (χ0v) is 11.4. The van der Waals surface area contributed by atoms with Gasteiger partial charge in [0.1, 0.15) is 0 Å². The summed E-state index contributed by atoms with van der Waals surface area (Å²) < 4.78 is 5.25. The van der Waals surface area contributed by atoms with E-state index >= 15 is 0 Å². The lowest BCUT2D eigenvalue weighted by molar-refractivity contribution is 0.0440. The third-order valence-electron chi connectivity index (χ3n) is 3.50. The van der Waals surface area contributed by atoms with Crippen molar-refractivity contribution in [3.63, 3.8) is 0 Å². The minimum Gasteiger partial charge on any atom is -0.390 e. The summed E-state index contributed by atoms with van der Waals surface area (Å²) in [5.74, 6) is 1.49. The Balaban J connectivity index is 1.88. The second-order valence-corrected chi connectivity index (χ2v) is 5.48. The number of aryl methyl sites for hydroxylation is 1. The van der Waals surface area contributed by atoms with Crippen LogP contribution in [-0.4, -0.2) is 38.8 Å². The van der Waals surface area contributed by atoms with E-state index in [1.807, 2.05) is 6.92 Å². The van der Waals surface area contributed by atoms with Gasteiger partial charge in [0.15, 0.2) is 5.82 Å². The topological polar surface area (TPSA) is 62.4 Å². The lowest BCUT2D eigenvalue weighted by Crippen LogP contribution is -2.28. The molecule has 0 saturated carbocycles. The highest BCUT2D eigenvalue weighted by Gasteiger charge is 2.25. The van der Waals surface area contributed by atoms with Gasteiger partial charge in [-0.3, -0.25) is 4.90 Å². The molecule has 0 radical (unpaired) electrons. The summed E-state index contributed by atoms with van der Waals surface area (Å²) in [6.07, 6.45) is 4.60. The van der Waals surface area contributed by atoms with E-state index in [0.29, 0.717) is 12.4 Å². The van der Waals surface area contributed by atoms with Crippen LogP contribution in [0.15, 0.2) is 4.52 Å². The molecule has 5 heteroatoms. The molecule has 1 unspecified atom stereocenters. The van der Waals surface area contributed by atoms with Gasteiger partial charge in [0.25, 0.3) is 0 Å². The molecule has 0 spiro atoms. The van der Waals surface area contributed by atoms with Crippen molar-refractivity contribution in [3.8, 4) is 0 Å². The molecule has 1 fully saturated rings. The van der Waals surface area contributed by atoms with E-state index in [0.717, 1.165) is 51.0 Å². The average Bonchev–Trinajstić information content (AvgIpc) is 2.66. The van der Waals surface area contributed by atoms with Crippen LogP contribution in [0.1, 0.15) is 51.2 Å². The van der Waals surface area contributed by atoms with E-state index in [4.69, 9.17) is 4.52 Å². The van der Waals surface area contributed by atoms with Gasteiger partial charge in [-0.05, 0) is 39.2 Å². The first-order valence-electron chi connectivity index (χ1n) is 6.85. The van der Waals surface area contributed by atoms with Crippen LogP contribution in [0.25, 0.3) is 0 Å². The van der Waals surface area contributed by atoms with Crippen molar-refractivity contribution in [2.45, 2.75) is 58.1 Å². The second kappa shape index (κ2) is 5.80. The van der Waals surface area contributed by atoms with Crippen molar-refractivity contribution >= 4 is 0 Å². The largest absolute Gasteiger partial charge is 0.390 e. The number of rotatable bonds is 4. The first-order valence-corrected chi connectivity index (χ1v) is 6.85. The maximum absolute atomic E-state index is 10.0. The Morgan fingerprint density at radius 3 is 3.00 bits per heavy atom. The molecule has 1 atom stereocenters. The molecule has 1 N–H and O–H groups in total. The molecular weight excluding hydrogens is 230 g/mol. The lowest BCUT2D eigenvalue weighted by atomic mass is 9.98. The van der Waals surface area contributed by atoms with Gasteiger partial charge in [-0.1, -0.05) is 12.1 Å². The van der Waals surface area contributed by atoms with Gasteiger partial charge >= 0.3 is 0 Å². The van der Waals surface area contributed by atoms with Crippen molar-refractivity contribution in [2.75, 3.05) is 13.1 Å². The minimum atomic E-state index is -0.517. The SMILES string of the molecule is CCCc1noc(CN2CCCC(C)(O)CC2)n1. The van der Waals surface area contributed by atoms with Crippen LogP contribution in [0.2, 0.25) is 0 Å². The number of aliphatic hydroxyl groups is 1. The van der Waals surface area contributed by atoms with Crippen LogP contribution >= 0.6 is 0 Å². The monoisotopic (exact) mass is 253 g/mol. The smallest absolute Gasteiger partial charge is 0.240 e. The maximum Gasteiger partial charge on any atom is 0.240 e. The fourth-order valence-electron chi connectivity index (χ4n) is 2.35. The van der Waals surface area contributed by atoms with Crippen molar-refractivity contribution in [1.29, 1.82) is 0 Å². The Kier molecular flexibility index (Phi) is 4.35. The lowest BCUT2D eigenvalue weighted by Gasteiger charge is -2.21. The van der Waals surface area contributed by atoms with Crippen molar-refractivity contribution in [2.24, 2.45) is 0 Å². The van der Waals surface area contributed by atoms with E-state index in [2.05, 4.69) is 22.0 Å². The average molecular weight is 253 g/mol. The van der Waals surface area contributed by atoms with Gasteiger partial charge in [-0.25, -0.2) is 0 Å². The fourth-order valence-corrected chi connectivity index (χ4v) is 2.35. The first-order chi connectivity index (χ1) is 8.59. The predicted molar refractivity (Wildman–Crippen MR) is 68.0 cm³/mol. The Bertz CT molecular complexity index is 376. The van der Waals surface area contributed by atoms with E-state index in [9.17, 15) is 5.11 Å². The van der Waals surface area contributed by atoms with Crippen LogP contribution in [0.3, 0.4) is 0 Å². The van der Waals surface area contributed by atoms with Gasteiger partial charge in [-0.2, -0.15) is 4.98 Å². The number of nitrogens with zero attached hydrogens (tertiary/aromatic N) is 3. The highest BCUT2D eigenvalue weighted by atomic mass is 16.5. The summed E-state index contributed by atoms with van der Waals surface area (Å²) in [5, 5.41) is 14.0. The molecular formula is C13H23N3O2. The van der Waals surface area contributed by atoms with E-state index in [1.165, 1.54) is 0 Å². The fraction of sp³-hybridized carbons (Fsp3) is 0.846. The van der Waals surface area contributed by atoms with E-state index in [1.54, 1.807) is 0 Å². The van der Waals surface area contributed by atoms with Crippen molar-refractivity contribution < 1.29 is 9.63 Å². The minimum absolute atomic E-state index is 0.517. The molecule has 18 heavy (non-hydrogen) atoms. The molecule has 1 aliphatic heterocycles. The zero-order chi connectivity index (χ0) is 13.0. The Morgan fingerprint density at radius 2 is 2.22 bits per heavy atom. The van der Waals surface area contributed by atoms with Crippen LogP contribution in [0, 0.1) is 0 Å². The van der Waals surface area contributed by atoms with Gasteiger partial charge in [0.2, 0.25) is 5.89 Å². The summed E-state index contributed by atoms with van der Waals surface area (Å²) in [5.41, 5.74) is -0.517. The highest BCUT2D eigenvalue weighted by molar-refractivity contribution is 4.87. The third kappa shape index (κ3) is 3.78. The molecule has 1 saturated heterocycles. The predicted octanol–water partition coefficient (Wildman–Crippen LogP) is 1.76. The Labute approximate surface area is 108 Å². The summed E-state index contributed by atoms with van der Waals surface area (Å²) in [7, 11) is 0. The van der Waals surface area contributed by atoms with Crippen LogP contribution in [0.4, 0.5) is 0 Å². The molecule has 5 nitrogen and oxygen atoms in total. The Hall–Kier alpha value is -0.940. The molecule has 0 amide bonds. The molecule has 0 aliphatic carbocycles. The van der Waals surface area contributed by atoms with Crippen LogP contribution in [0.5, 0.6) is 0 Å². The number of hydrogen-bond acceptors (Lipinski definition) is 5.